The fraction of sp³-hybridized carbons (Fsp3) is 0.188. The molecule has 0 aliphatic heterocycles. The number of nitrogens with one attached hydrogen (secondary N) is 2. The number of anilines is 1. The monoisotopic (exact) mass is 331 g/mol. The van der Waals surface area contributed by atoms with E-state index in [1.165, 1.54) is 11.3 Å². The summed E-state index contributed by atoms with van der Waals surface area (Å²) in [5.41, 5.74) is 6.17. The normalized spacial score (nSPS) is 11.5. The number of thiophene rings is 1. The van der Waals surface area contributed by atoms with E-state index in [1.54, 1.807) is 43.3 Å². The quantitative estimate of drug-likeness (QED) is 0.754. The lowest BCUT2D eigenvalue weighted by Gasteiger charge is -2.13. The molecule has 0 radical (unpaired) electrons. The van der Waals surface area contributed by atoms with Crippen molar-refractivity contribution in [1.82, 2.24) is 5.32 Å². The second kappa shape index (κ2) is 7.55. The Hall–Kier alpha value is -2.67. The van der Waals surface area contributed by atoms with Crippen LogP contribution in [0, 0.1) is 0 Å². The van der Waals surface area contributed by atoms with Gasteiger partial charge < -0.3 is 16.4 Å². The molecule has 23 heavy (non-hydrogen) atoms. The topological polar surface area (TPSA) is 101 Å². The molecule has 2 aromatic rings. The van der Waals surface area contributed by atoms with Crippen LogP contribution in [0.5, 0.6) is 0 Å². The Morgan fingerprint density at radius 1 is 1.13 bits per heavy atom. The fourth-order valence-corrected chi connectivity index (χ4v) is 2.54. The van der Waals surface area contributed by atoms with Crippen LogP contribution in [0.25, 0.3) is 0 Å². The van der Waals surface area contributed by atoms with Crippen LogP contribution in [0.3, 0.4) is 0 Å². The molecule has 1 aromatic heterocycles. The van der Waals surface area contributed by atoms with Crippen molar-refractivity contribution in [3.8, 4) is 0 Å². The highest BCUT2D eigenvalue weighted by atomic mass is 32.1. The summed E-state index contributed by atoms with van der Waals surface area (Å²) in [6.45, 7) is 1.76. The molecule has 0 aliphatic carbocycles. The van der Waals surface area contributed by atoms with E-state index in [1.807, 2.05) is 5.38 Å². The van der Waals surface area contributed by atoms with Gasteiger partial charge >= 0.3 is 0 Å². The van der Waals surface area contributed by atoms with Gasteiger partial charge in [0.05, 0.1) is 4.88 Å². The number of rotatable bonds is 6. The van der Waals surface area contributed by atoms with Crippen LogP contribution in [0.1, 0.15) is 33.4 Å². The molecule has 0 saturated carbocycles. The van der Waals surface area contributed by atoms with E-state index in [-0.39, 0.29) is 11.8 Å². The molecule has 2 rings (SSSR count). The van der Waals surface area contributed by atoms with Crippen LogP contribution in [-0.4, -0.2) is 23.8 Å². The van der Waals surface area contributed by atoms with E-state index in [4.69, 9.17) is 5.73 Å². The van der Waals surface area contributed by atoms with Gasteiger partial charge in [-0.25, -0.2) is 0 Å². The maximum atomic E-state index is 12.0. The molecule has 3 amide bonds. The molecule has 0 fully saturated rings. The molecule has 6 nitrogen and oxygen atoms in total. The standard InChI is InChI=1S/C16H17N3O3S/c1-2-12(14(17)20)19-15(21)10-5-7-11(8-6-10)18-16(22)13-4-3-9-23-13/h3-9,12H,2H2,1H3,(H2,17,20)(H,18,22)(H,19,21)/t12-/m1/s1. The van der Waals surface area contributed by atoms with Crippen molar-refractivity contribution in [2.75, 3.05) is 5.32 Å². The molecule has 0 spiro atoms. The lowest BCUT2D eigenvalue weighted by Crippen LogP contribution is -2.43. The molecule has 4 N–H and O–H groups in total. The predicted molar refractivity (Wildman–Crippen MR) is 89.5 cm³/mol. The molecule has 1 atom stereocenters. The number of carbonyl (C=O) groups is 3. The maximum Gasteiger partial charge on any atom is 0.265 e. The van der Waals surface area contributed by atoms with Crippen molar-refractivity contribution in [3.63, 3.8) is 0 Å². The van der Waals surface area contributed by atoms with E-state index >= 15 is 0 Å². The highest BCUT2D eigenvalue weighted by molar-refractivity contribution is 7.12. The van der Waals surface area contributed by atoms with Gasteiger partial charge in [0.2, 0.25) is 5.91 Å². The average Bonchev–Trinajstić information content (AvgIpc) is 3.07. The van der Waals surface area contributed by atoms with Gasteiger partial charge in [-0.2, -0.15) is 0 Å². The molecule has 0 saturated heterocycles. The summed E-state index contributed by atoms with van der Waals surface area (Å²) in [4.78, 5) is 35.7. The van der Waals surface area contributed by atoms with Gasteiger partial charge in [0, 0.05) is 11.3 Å². The summed E-state index contributed by atoms with van der Waals surface area (Å²) >= 11 is 1.35. The molecule has 0 aliphatic rings. The van der Waals surface area contributed by atoms with Crippen LogP contribution in [0.2, 0.25) is 0 Å². The minimum Gasteiger partial charge on any atom is -0.368 e. The summed E-state index contributed by atoms with van der Waals surface area (Å²) in [7, 11) is 0. The molecule has 120 valence electrons. The van der Waals surface area contributed by atoms with Gasteiger partial charge in [0.15, 0.2) is 0 Å². The number of nitrogens with two attached hydrogens (primary N) is 1. The summed E-state index contributed by atoms with van der Waals surface area (Å²) in [5.74, 6) is -1.15. The van der Waals surface area contributed by atoms with Crippen molar-refractivity contribution in [2.45, 2.75) is 19.4 Å². The van der Waals surface area contributed by atoms with Gasteiger partial charge in [-0.1, -0.05) is 13.0 Å². The molecular weight excluding hydrogens is 314 g/mol. The second-order valence-corrected chi connectivity index (χ2v) is 5.79. The predicted octanol–water partition coefficient (Wildman–Crippen LogP) is 1.99. The summed E-state index contributed by atoms with van der Waals surface area (Å²) in [5, 5.41) is 7.14. The molecule has 0 unspecified atom stereocenters. The van der Waals surface area contributed by atoms with Crippen LogP contribution in [0.15, 0.2) is 41.8 Å². The smallest absolute Gasteiger partial charge is 0.265 e. The molecule has 0 bridgehead atoms. The molecular formula is C16H17N3O3S. The Morgan fingerprint density at radius 2 is 1.83 bits per heavy atom. The summed E-state index contributed by atoms with van der Waals surface area (Å²) in [6, 6.07) is 9.25. The zero-order valence-corrected chi connectivity index (χ0v) is 13.4. The first-order valence-corrected chi connectivity index (χ1v) is 7.94. The zero-order chi connectivity index (χ0) is 16.8. The van der Waals surface area contributed by atoms with E-state index in [2.05, 4.69) is 10.6 Å². The Morgan fingerprint density at radius 3 is 2.35 bits per heavy atom. The Labute approximate surface area is 137 Å². The molecule has 1 heterocycles. The van der Waals surface area contributed by atoms with Gasteiger partial charge in [0.1, 0.15) is 6.04 Å². The van der Waals surface area contributed by atoms with Crippen LogP contribution in [0.4, 0.5) is 5.69 Å². The Kier molecular flexibility index (Phi) is 5.48. The SMILES string of the molecule is CC[C@@H](NC(=O)c1ccc(NC(=O)c2cccs2)cc1)C(N)=O. The van der Waals surface area contributed by atoms with Gasteiger partial charge in [-0.3, -0.25) is 14.4 Å². The lowest BCUT2D eigenvalue weighted by atomic mass is 10.1. The van der Waals surface area contributed by atoms with Gasteiger partial charge in [-0.15, -0.1) is 11.3 Å². The van der Waals surface area contributed by atoms with Crippen molar-refractivity contribution >= 4 is 34.7 Å². The highest BCUT2D eigenvalue weighted by Crippen LogP contribution is 2.14. The molecule has 1 aromatic carbocycles. The van der Waals surface area contributed by atoms with Gasteiger partial charge in [-0.05, 0) is 42.1 Å². The maximum absolute atomic E-state index is 12.0. The second-order valence-electron chi connectivity index (χ2n) is 4.85. The minimum atomic E-state index is -0.694. The largest absolute Gasteiger partial charge is 0.368 e. The Bertz CT molecular complexity index is 696. The number of hydrogen-bond donors (Lipinski definition) is 3. The number of benzene rings is 1. The zero-order valence-electron chi connectivity index (χ0n) is 12.5. The Balaban J connectivity index is 2.00. The van der Waals surface area contributed by atoms with Crippen molar-refractivity contribution in [3.05, 3.63) is 52.2 Å². The van der Waals surface area contributed by atoms with E-state index < -0.39 is 11.9 Å². The highest BCUT2D eigenvalue weighted by Gasteiger charge is 2.16. The number of carbonyl (C=O) groups excluding carboxylic acids is 3. The van der Waals surface area contributed by atoms with E-state index in [0.717, 1.165) is 0 Å². The van der Waals surface area contributed by atoms with E-state index in [9.17, 15) is 14.4 Å². The third kappa shape index (κ3) is 4.40. The summed E-state index contributed by atoms with van der Waals surface area (Å²) < 4.78 is 0. The minimum absolute atomic E-state index is 0.197. The van der Waals surface area contributed by atoms with Crippen molar-refractivity contribution < 1.29 is 14.4 Å². The third-order valence-electron chi connectivity index (χ3n) is 3.21. The van der Waals surface area contributed by atoms with Gasteiger partial charge in [0.25, 0.3) is 11.8 Å². The van der Waals surface area contributed by atoms with E-state index in [0.29, 0.717) is 22.5 Å². The lowest BCUT2D eigenvalue weighted by molar-refractivity contribution is -0.119. The fourth-order valence-electron chi connectivity index (χ4n) is 1.92. The number of hydrogen-bond acceptors (Lipinski definition) is 4. The first-order chi connectivity index (χ1) is 11.0. The first kappa shape index (κ1) is 16.7. The third-order valence-corrected chi connectivity index (χ3v) is 4.08. The van der Waals surface area contributed by atoms with Crippen molar-refractivity contribution in [2.24, 2.45) is 5.73 Å². The van der Waals surface area contributed by atoms with Crippen LogP contribution < -0.4 is 16.4 Å². The molecule has 7 heteroatoms. The first-order valence-electron chi connectivity index (χ1n) is 7.06. The average molecular weight is 331 g/mol. The van der Waals surface area contributed by atoms with Crippen LogP contribution >= 0.6 is 11.3 Å². The van der Waals surface area contributed by atoms with Crippen LogP contribution in [-0.2, 0) is 4.79 Å². The summed E-state index contributed by atoms with van der Waals surface area (Å²) in [6.07, 6.45) is 0.427. The number of amides is 3. The van der Waals surface area contributed by atoms with Crippen molar-refractivity contribution in [1.29, 1.82) is 0 Å². The number of primary amides is 1.